The molecule has 1 atom stereocenters. The highest BCUT2D eigenvalue weighted by Gasteiger charge is 2.37. The van der Waals surface area contributed by atoms with Gasteiger partial charge in [-0.1, -0.05) is 26.7 Å². The van der Waals surface area contributed by atoms with Crippen LogP contribution in [0.1, 0.15) is 77.5 Å². The van der Waals surface area contributed by atoms with Crippen LogP contribution in [0.15, 0.2) is 18.2 Å². The fourth-order valence-corrected chi connectivity index (χ4v) is 3.00. The Morgan fingerprint density at radius 1 is 1.12 bits per heavy atom. The van der Waals surface area contributed by atoms with E-state index in [0.29, 0.717) is 19.4 Å². The second-order valence-corrected chi connectivity index (χ2v) is 6.72. The Morgan fingerprint density at radius 2 is 1.77 bits per heavy atom. The standard InChI is InChI=1S/C19H24N2O5/c1-4-6-10-21-16(23)13-8-7-12(11-14(13)17(21)24)15(22)20-19(3,9-5-2)18(25)26/h7-8,11H,4-6,9-10H2,1-3H3,(H,20,22)(H,25,26). The normalized spacial score (nSPS) is 15.6. The molecule has 1 aromatic rings. The Bertz CT molecular complexity index is 758. The van der Waals surface area contributed by atoms with E-state index in [4.69, 9.17) is 0 Å². The minimum absolute atomic E-state index is 0.158. The molecule has 0 aromatic heterocycles. The number of hydrogen-bond donors (Lipinski definition) is 2. The van der Waals surface area contributed by atoms with Gasteiger partial charge in [-0.3, -0.25) is 19.3 Å². The van der Waals surface area contributed by atoms with Crippen molar-refractivity contribution in [3.63, 3.8) is 0 Å². The number of carbonyl (C=O) groups is 4. The number of hydrogen-bond acceptors (Lipinski definition) is 4. The molecule has 1 aromatic carbocycles. The fraction of sp³-hybridized carbons (Fsp3) is 0.474. The Balaban J connectivity index is 2.26. The number of aliphatic carboxylic acids is 1. The summed E-state index contributed by atoms with van der Waals surface area (Å²) in [7, 11) is 0. The largest absolute Gasteiger partial charge is 0.480 e. The number of amides is 3. The van der Waals surface area contributed by atoms with Crippen LogP contribution in [0.4, 0.5) is 0 Å². The van der Waals surface area contributed by atoms with Gasteiger partial charge >= 0.3 is 5.97 Å². The Hall–Kier alpha value is -2.70. The van der Waals surface area contributed by atoms with Crippen LogP contribution in [0.25, 0.3) is 0 Å². The lowest BCUT2D eigenvalue weighted by Crippen LogP contribution is -2.52. The molecule has 3 amide bonds. The monoisotopic (exact) mass is 360 g/mol. The van der Waals surface area contributed by atoms with Crippen molar-refractivity contribution in [3.8, 4) is 0 Å². The zero-order valence-corrected chi connectivity index (χ0v) is 15.3. The van der Waals surface area contributed by atoms with E-state index < -0.39 is 23.3 Å². The highest BCUT2D eigenvalue weighted by Crippen LogP contribution is 2.25. The molecule has 0 bridgehead atoms. The number of nitrogens with one attached hydrogen (secondary N) is 1. The minimum Gasteiger partial charge on any atom is -0.480 e. The third-order valence-electron chi connectivity index (χ3n) is 4.58. The number of carbonyl (C=O) groups excluding carboxylic acids is 3. The van der Waals surface area contributed by atoms with Gasteiger partial charge in [-0.15, -0.1) is 0 Å². The van der Waals surface area contributed by atoms with Crippen LogP contribution in [0.5, 0.6) is 0 Å². The second kappa shape index (κ2) is 7.68. The molecule has 0 aliphatic carbocycles. The predicted molar refractivity (Wildman–Crippen MR) is 95.1 cm³/mol. The lowest BCUT2D eigenvalue weighted by atomic mass is 9.95. The highest BCUT2D eigenvalue weighted by atomic mass is 16.4. The van der Waals surface area contributed by atoms with Crippen molar-refractivity contribution in [2.45, 2.75) is 52.0 Å². The second-order valence-electron chi connectivity index (χ2n) is 6.72. The Morgan fingerprint density at radius 3 is 2.35 bits per heavy atom. The number of imide groups is 1. The molecule has 1 unspecified atom stereocenters. The lowest BCUT2D eigenvalue weighted by Gasteiger charge is -2.25. The van der Waals surface area contributed by atoms with Crippen LogP contribution >= 0.6 is 0 Å². The summed E-state index contributed by atoms with van der Waals surface area (Å²) in [6, 6.07) is 4.26. The van der Waals surface area contributed by atoms with Crippen molar-refractivity contribution in [1.29, 1.82) is 0 Å². The minimum atomic E-state index is -1.39. The van der Waals surface area contributed by atoms with E-state index in [9.17, 15) is 24.3 Å². The number of rotatable bonds is 8. The average Bonchev–Trinajstić information content (AvgIpc) is 2.83. The average molecular weight is 360 g/mol. The molecule has 0 fully saturated rings. The van der Waals surface area contributed by atoms with Gasteiger partial charge in [0.2, 0.25) is 0 Å². The van der Waals surface area contributed by atoms with Gasteiger partial charge in [-0.25, -0.2) is 4.79 Å². The summed E-state index contributed by atoms with van der Waals surface area (Å²) in [5.41, 5.74) is -0.771. The highest BCUT2D eigenvalue weighted by molar-refractivity contribution is 6.22. The van der Waals surface area contributed by atoms with Gasteiger partial charge < -0.3 is 10.4 Å². The molecule has 26 heavy (non-hydrogen) atoms. The maximum Gasteiger partial charge on any atom is 0.329 e. The molecule has 2 N–H and O–H groups in total. The Labute approximate surface area is 152 Å². The smallest absolute Gasteiger partial charge is 0.329 e. The summed E-state index contributed by atoms with van der Waals surface area (Å²) in [5, 5.41) is 11.9. The van der Waals surface area contributed by atoms with Gasteiger partial charge in [-0.05, 0) is 38.0 Å². The topological polar surface area (TPSA) is 104 Å². The molecule has 7 heteroatoms. The van der Waals surface area contributed by atoms with Gasteiger partial charge in [0.25, 0.3) is 17.7 Å². The van der Waals surface area contributed by atoms with Crippen LogP contribution in [-0.2, 0) is 4.79 Å². The van der Waals surface area contributed by atoms with Crippen molar-refractivity contribution in [2.75, 3.05) is 6.54 Å². The van der Waals surface area contributed by atoms with E-state index in [-0.39, 0.29) is 29.0 Å². The SMILES string of the molecule is CCCCN1C(=O)c2ccc(C(=O)NC(C)(CCC)C(=O)O)cc2C1=O. The van der Waals surface area contributed by atoms with Gasteiger partial charge in [-0.2, -0.15) is 0 Å². The van der Waals surface area contributed by atoms with Crippen molar-refractivity contribution >= 4 is 23.7 Å². The summed E-state index contributed by atoms with van der Waals surface area (Å²) in [6.45, 7) is 5.59. The van der Waals surface area contributed by atoms with E-state index in [1.54, 1.807) is 0 Å². The summed E-state index contributed by atoms with van der Waals surface area (Å²) in [4.78, 5) is 50.0. The summed E-state index contributed by atoms with van der Waals surface area (Å²) < 4.78 is 0. The maximum absolute atomic E-state index is 12.5. The van der Waals surface area contributed by atoms with E-state index in [2.05, 4.69) is 5.32 Å². The summed E-state index contributed by atoms with van der Waals surface area (Å²) >= 11 is 0. The van der Waals surface area contributed by atoms with Gasteiger partial charge in [0.1, 0.15) is 5.54 Å². The molecule has 1 aliphatic heterocycles. The first kappa shape index (κ1) is 19.6. The number of benzene rings is 1. The molecule has 1 heterocycles. The van der Waals surface area contributed by atoms with Crippen LogP contribution in [0.2, 0.25) is 0 Å². The molecule has 0 saturated heterocycles. The summed E-state index contributed by atoms with van der Waals surface area (Å²) in [5.74, 6) is -2.47. The van der Waals surface area contributed by atoms with Crippen LogP contribution in [0, 0.1) is 0 Å². The van der Waals surface area contributed by atoms with E-state index in [0.717, 1.165) is 6.42 Å². The van der Waals surface area contributed by atoms with Crippen molar-refractivity contribution in [1.82, 2.24) is 10.2 Å². The molecule has 2 rings (SSSR count). The first-order valence-electron chi connectivity index (χ1n) is 8.81. The van der Waals surface area contributed by atoms with E-state index >= 15 is 0 Å². The van der Waals surface area contributed by atoms with Gasteiger partial charge in [0.15, 0.2) is 0 Å². The molecule has 7 nitrogen and oxygen atoms in total. The first-order chi connectivity index (χ1) is 12.2. The number of carboxylic acids is 1. The Kier molecular flexibility index (Phi) is 5.79. The third kappa shape index (κ3) is 3.61. The van der Waals surface area contributed by atoms with Gasteiger partial charge in [0.05, 0.1) is 11.1 Å². The molecule has 0 radical (unpaired) electrons. The van der Waals surface area contributed by atoms with E-state index in [1.807, 2.05) is 13.8 Å². The van der Waals surface area contributed by atoms with Crippen LogP contribution in [0.3, 0.4) is 0 Å². The van der Waals surface area contributed by atoms with E-state index in [1.165, 1.54) is 30.0 Å². The lowest BCUT2D eigenvalue weighted by molar-refractivity contribution is -0.144. The number of fused-ring (bicyclic) bond motifs is 1. The third-order valence-corrected chi connectivity index (χ3v) is 4.58. The first-order valence-corrected chi connectivity index (χ1v) is 8.81. The van der Waals surface area contributed by atoms with Crippen LogP contribution < -0.4 is 5.32 Å². The molecule has 0 spiro atoms. The predicted octanol–water partition coefficient (Wildman–Crippen LogP) is 2.46. The van der Waals surface area contributed by atoms with Crippen molar-refractivity contribution in [3.05, 3.63) is 34.9 Å². The summed E-state index contributed by atoms with van der Waals surface area (Å²) in [6.07, 6.45) is 2.44. The molecule has 1 aliphatic rings. The number of carboxylic acid groups (broad SMARTS) is 1. The van der Waals surface area contributed by atoms with Crippen molar-refractivity contribution < 1.29 is 24.3 Å². The van der Waals surface area contributed by atoms with Crippen molar-refractivity contribution in [2.24, 2.45) is 0 Å². The molecular formula is C19H24N2O5. The molecular weight excluding hydrogens is 336 g/mol. The van der Waals surface area contributed by atoms with Gasteiger partial charge in [0, 0.05) is 12.1 Å². The zero-order valence-electron chi connectivity index (χ0n) is 15.3. The van der Waals surface area contributed by atoms with Crippen LogP contribution in [-0.4, -0.2) is 45.8 Å². The number of nitrogens with zero attached hydrogens (tertiary/aromatic N) is 1. The maximum atomic E-state index is 12.5. The number of unbranched alkanes of at least 4 members (excludes halogenated alkanes) is 1. The fourth-order valence-electron chi connectivity index (χ4n) is 3.00. The zero-order chi connectivity index (χ0) is 19.5. The molecule has 0 saturated carbocycles. The quantitative estimate of drug-likeness (QED) is 0.693. The molecule has 140 valence electrons.